The van der Waals surface area contributed by atoms with Crippen LogP contribution in [0.25, 0.3) is 11.4 Å². The number of thioether (sulfide) groups is 1. The summed E-state index contributed by atoms with van der Waals surface area (Å²) in [6, 6.07) is 10.0. The van der Waals surface area contributed by atoms with E-state index in [4.69, 9.17) is 0 Å². The lowest BCUT2D eigenvalue weighted by molar-refractivity contribution is 0.102. The number of hydrogen-bond donors (Lipinski definition) is 0. The van der Waals surface area contributed by atoms with Crippen LogP contribution in [-0.4, -0.2) is 31.3 Å². The van der Waals surface area contributed by atoms with Crippen molar-refractivity contribution in [3.8, 4) is 11.4 Å². The number of Topliss-reactive ketones (excluding diaryl/α,β-unsaturated/α-hetero) is 1. The fraction of sp³-hybridized carbons (Fsp3) is 0.364. The summed E-state index contributed by atoms with van der Waals surface area (Å²) >= 11 is 1.42. The standard InChI is InChI=1S/C22H26N4OS/c1-14(2)17-6-7-18(19(12-17)15(3)4)20(27)13-28-22-25-24-21(26(22)5)16-8-10-23-11-9-16/h6-12,14-15H,13H2,1-5H3. The van der Waals surface area contributed by atoms with E-state index < -0.39 is 0 Å². The first kappa shape index (κ1) is 20.3. The van der Waals surface area contributed by atoms with Crippen molar-refractivity contribution in [1.29, 1.82) is 0 Å². The molecule has 0 saturated heterocycles. The molecule has 3 aromatic rings. The number of ketones is 1. The van der Waals surface area contributed by atoms with E-state index in [-0.39, 0.29) is 5.78 Å². The van der Waals surface area contributed by atoms with Gasteiger partial charge in [-0.05, 0) is 35.1 Å². The Morgan fingerprint density at radius 3 is 2.39 bits per heavy atom. The predicted molar refractivity (Wildman–Crippen MR) is 114 cm³/mol. The first-order valence-corrected chi connectivity index (χ1v) is 10.5. The zero-order chi connectivity index (χ0) is 20.3. The third-order valence-electron chi connectivity index (χ3n) is 4.77. The van der Waals surface area contributed by atoms with Gasteiger partial charge in [-0.15, -0.1) is 10.2 Å². The van der Waals surface area contributed by atoms with Crippen molar-refractivity contribution in [3.63, 3.8) is 0 Å². The molecule has 2 aromatic heterocycles. The van der Waals surface area contributed by atoms with Crippen LogP contribution < -0.4 is 0 Å². The van der Waals surface area contributed by atoms with Crippen molar-refractivity contribution < 1.29 is 4.79 Å². The second kappa shape index (κ2) is 8.69. The highest BCUT2D eigenvalue weighted by atomic mass is 32.2. The minimum atomic E-state index is 0.123. The number of nitrogens with zero attached hydrogens (tertiary/aromatic N) is 4. The Labute approximate surface area is 170 Å². The van der Waals surface area contributed by atoms with Gasteiger partial charge >= 0.3 is 0 Å². The lowest BCUT2D eigenvalue weighted by atomic mass is 9.90. The topological polar surface area (TPSA) is 60.7 Å². The van der Waals surface area contributed by atoms with Crippen molar-refractivity contribution in [2.24, 2.45) is 7.05 Å². The maximum Gasteiger partial charge on any atom is 0.191 e. The van der Waals surface area contributed by atoms with E-state index in [1.54, 1.807) is 12.4 Å². The molecule has 0 radical (unpaired) electrons. The number of carbonyl (C=O) groups excluding carboxylic acids is 1. The Morgan fingerprint density at radius 2 is 1.75 bits per heavy atom. The number of aromatic nitrogens is 4. The normalized spacial score (nSPS) is 11.4. The van der Waals surface area contributed by atoms with Crippen LogP contribution in [0.4, 0.5) is 0 Å². The van der Waals surface area contributed by atoms with Crippen LogP contribution in [-0.2, 0) is 7.05 Å². The highest BCUT2D eigenvalue weighted by Crippen LogP contribution is 2.27. The summed E-state index contributed by atoms with van der Waals surface area (Å²) in [7, 11) is 1.92. The van der Waals surface area contributed by atoms with Gasteiger partial charge in [-0.2, -0.15) is 0 Å². The molecule has 0 spiro atoms. The fourth-order valence-corrected chi connectivity index (χ4v) is 3.87. The quantitative estimate of drug-likeness (QED) is 0.412. The third kappa shape index (κ3) is 4.33. The molecule has 1 aromatic carbocycles. The molecule has 0 saturated carbocycles. The van der Waals surface area contributed by atoms with Gasteiger partial charge in [0.2, 0.25) is 0 Å². The number of rotatable bonds is 7. The molecule has 3 rings (SSSR count). The van der Waals surface area contributed by atoms with E-state index in [2.05, 4.69) is 55.0 Å². The molecule has 146 valence electrons. The SMILES string of the molecule is CC(C)c1ccc(C(=O)CSc2nnc(-c3ccncc3)n2C)c(C(C)C)c1. The minimum absolute atomic E-state index is 0.123. The van der Waals surface area contributed by atoms with E-state index in [9.17, 15) is 4.79 Å². The van der Waals surface area contributed by atoms with Gasteiger partial charge in [0.25, 0.3) is 0 Å². The largest absolute Gasteiger partial charge is 0.305 e. The molecule has 0 aliphatic carbocycles. The van der Waals surface area contributed by atoms with Gasteiger partial charge in [0.05, 0.1) is 5.75 Å². The summed E-state index contributed by atoms with van der Waals surface area (Å²) in [4.78, 5) is 17.0. The van der Waals surface area contributed by atoms with Gasteiger partial charge in [-0.1, -0.05) is 57.7 Å². The lowest BCUT2D eigenvalue weighted by Crippen LogP contribution is -2.09. The van der Waals surface area contributed by atoms with Crippen molar-refractivity contribution in [2.75, 3.05) is 5.75 Å². The van der Waals surface area contributed by atoms with E-state index in [0.717, 1.165) is 27.7 Å². The van der Waals surface area contributed by atoms with E-state index >= 15 is 0 Å². The first-order valence-electron chi connectivity index (χ1n) is 9.48. The van der Waals surface area contributed by atoms with Crippen molar-refractivity contribution in [1.82, 2.24) is 19.7 Å². The lowest BCUT2D eigenvalue weighted by Gasteiger charge is -2.15. The number of benzene rings is 1. The Bertz CT molecular complexity index is 964. The van der Waals surface area contributed by atoms with E-state index in [1.807, 2.05) is 29.8 Å². The second-order valence-electron chi connectivity index (χ2n) is 7.47. The Kier molecular flexibility index (Phi) is 6.29. The van der Waals surface area contributed by atoms with Crippen LogP contribution in [0, 0.1) is 0 Å². The van der Waals surface area contributed by atoms with Crippen LogP contribution in [0.15, 0.2) is 47.9 Å². The first-order chi connectivity index (χ1) is 13.4. The fourth-order valence-electron chi connectivity index (χ4n) is 3.07. The number of pyridine rings is 1. The molecular weight excluding hydrogens is 368 g/mol. The van der Waals surface area contributed by atoms with Crippen molar-refractivity contribution in [2.45, 2.75) is 44.7 Å². The van der Waals surface area contributed by atoms with Crippen molar-refractivity contribution in [3.05, 3.63) is 59.4 Å². The summed E-state index contributed by atoms with van der Waals surface area (Å²) in [6.07, 6.45) is 3.46. The van der Waals surface area contributed by atoms with Gasteiger partial charge in [-0.3, -0.25) is 9.78 Å². The van der Waals surface area contributed by atoms with Gasteiger partial charge in [-0.25, -0.2) is 0 Å². The summed E-state index contributed by atoms with van der Waals surface area (Å²) in [5.41, 5.74) is 4.15. The smallest absolute Gasteiger partial charge is 0.191 e. The minimum Gasteiger partial charge on any atom is -0.305 e. The van der Waals surface area contributed by atoms with Crippen LogP contribution >= 0.6 is 11.8 Å². The molecule has 5 nitrogen and oxygen atoms in total. The molecule has 0 aliphatic rings. The molecule has 0 bridgehead atoms. The van der Waals surface area contributed by atoms with Gasteiger partial charge in [0.15, 0.2) is 16.8 Å². The molecular formula is C22H26N4OS. The molecule has 0 amide bonds. The summed E-state index contributed by atoms with van der Waals surface area (Å²) in [6.45, 7) is 8.61. The van der Waals surface area contributed by atoms with Crippen molar-refractivity contribution >= 4 is 17.5 Å². The van der Waals surface area contributed by atoms with Crippen LogP contribution in [0.2, 0.25) is 0 Å². The summed E-state index contributed by atoms with van der Waals surface area (Å²) in [5, 5.41) is 9.25. The molecule has 0 N–H and O–H groups in total. The van der Waals surface area contributed by atoms with Gasteiger partial charge < -0.3 is 4.57 Å². The van der Waals surface area contributed by atoms with Crippen LogP contribution in [0.5, 0.6) is 0 Å². The molecule has 6 heteroatoms. The zero-order valence-electron chi connectivity index (χ0n) is 17.0. The van der Waals surface area contributed by atoms with Gasteiger partial charge in [0, 0.05) is 30.6 Å². The molecule has 0 aliphatic heterocycles. The number of hydrogen-bond acceptors (Lipinski definition) is 5. The third-order valence-corrected chi connectivity index (χ3v) is 5.79. The predicted octanol–water partition coefficient (Wildman–Crippen LogP) is 5.10. The van der Waals surface area contributed by atoms with Gasteiger partial charge in [0.1, 0.15) is 0 Å². The zero-order valence-corrected chi connectivity index (χ0v) is 17.8. The molecule has 0 fully saturated rings. The number of carbonyl (C=O) groups is 1. The molecule has 2 heterocycles. The second-order valence-corrected chi connectivity index (χ2v) is 8.41. The average Bonchev–Trinajstić information content (AvgIpc) is 3.06. The Balaban J connectivity index is 1.77. The molecule has 0 atom stereocenters. The van der Waals surface area contributed by atoms with Crippen LogP contribution in [0.1, 0.15) is 61.0 Å². The summed E-state index contributed by atoms with van der Waals surface area (Å²) in [5.74, 6) is 1.97. The van der Waals surface area contributed by atoms with E-state index in [0.29, 0.717) is 17.6 Å². The summed E-state index contributed by atoms with van der Waals surface area (Å²) < 4.78 is 1.92. The van der Waals surface area contributed by atoms with Crippen LogP contribution in [0.3, 0.4) is 0 Å². The Hall–Kier alpha value is -2.47. The maximum absolute atomic E-state index is 12.9. The molecule has 0 unspecified atom stereocenters. The monoisotopic (exact) mass is 394 g/mol. The average molecular weight is 395 g/mol. The Morgan fingerprint density at radius 1 is 1.04 bits per heavy atom. The highest BCUT2D eigenvalue weighted by Gasteiger charge is 2.18. The maximum atomic E-state index is 12.9. The molecule has 28 heavy (non-hydrogen) atoms. The highest BCUT2D eigenvalue weighted by molar-refractivity contribution is 7.99. The van der Waals surface area contributed by atoms with E-state index in [1.165, 1.54) is 17.3 Å².